The third-order valence-electron chi connectivity index (χ3n) is 6.02. The van der Waals surface area contributed by atoms with Crippen LogP contribution >= 0.6 is 23.2 Å². The number of amides is 2. The lowest BCUT2D eigenvalue weighted by Gasteiger charge is -2.32. The molecule has 8 nitrogen and oxygen atoms in total. The second kappa shape index (κ2) is 12.2. The van der Waals surface area contributed by atoms with Gasteiger partial charge in [0.05, 0.1) is 21.5 Å². The van der Waals surface area contributed by atoms with E-state index in [0.717, 1.165) is 38.0 Å². The van der Waals surface area contributed by atoms with Crippen LogP contribution in [0.25, 0.3) is 0 Å². The first-order valence-corrected chi connectivity index (χ1v) is 13.9. The summed E-state index contributed by atoms with van der Waals surface area (Å²) in [7, 11) is -3.20. The molecular weight excluding hydrogens is 513 g/mol. The summed E-state index contributed by atoms with van der Waals surface area (Å²) in [4.78, 5) is 27.5. The number of carbonyl (C=O) groups excluding carboxylic acids is 2. The van der Waals surface area contributed by atoms with Crippen molar-refractivity contribution in [2.24, 2.45) is 5.92 Å². The van der Waals surface area contributed by atoms with Crippen molar-refractivity contribution >= 4 is 44.9 Å². The van der Waals surface area contributed by atoms with Crippen molar-refractivity contribution in [1.29, 1.82) is 0 Å². The van der Waals surface area contributed by atoms with Gasteiger partial charge in [0.25, 0.3) is 5.91 Å². The Morgan fingerprint density at radius 2 is 1.74 bits per heavy atom. The molecule has 1 aliphatic heterocycles. The Balaban J connectivity index is 1.43. The van der Waals surface area contributed by atoms with Crippen LogP contribution in [-0.2, 0) is 21.2 Å². The highest BCUT2D eigenvalue weighted by Gasteiger charge is 2.24. The van der Waals surface area contributed by atoms with E-state index in [1.54, 1.807) is 12.1 Å². The standard InChI is InChI=1S/C24H29Cl2N3O5S/c1-35(33,34)19-5-2-17(3-6-19)14-29-10-8-16(9-11-29)13-27-24(32)22(15-30)28-23(31)18-4-7-20(25)21(26)12-18/h2-7,12,16,22,30H,8-11,13-15H2,1H3,(H,27,32)(H,28,31)/t22-/m0/s1. The van der Waals surface area contributed by atoms with E-state index in [0.29, 0.717) is 16.5 Å². The molecule has 1 saturated heterocycles. The van der Waals surface area contributed by atoms with Gasteiger partial charge in [-0.3, -0.25) is 14.5 Å². The van der Waals surface area contributed by atoms with Crippen LogP contribution in [0.15, 0.2) is 47.4 Å². The number of hydrogen-bond donors (Lipinski definition) is 3. The summed E-state index contributed by atoms with van der Waals surface area (Å²) in [5.74, 6) is -0.696. The highest BCUT2D eigenvalue weighted by molar-refractivity contribution is 7.90. The smallest absolute Gasteiger partial charge is 0.252 e. The second-order valence-electron chi connectivity index (χ2n) is 8.72. The van der Waals surface area contributed by atoms with Gasteiger partial charge in [-0.1, -0.05) is 35.3 Å². The van der Waals surface area contributed by atoms with Crippen LogP contribution in [0.4, 0.5) is 0 Å². The number of nitrogens with one attached hydrogen (secondary N) is 2. The van der Waals surface area contributed by atoms with Crippen molar-refractivity contribution in [1.82, 2.24) is 15.5 Å². The highest BCUT2D eigenvalue weighted by atomic mass is 35.5. The first-order valence-electron chi connectivity index (χ1n) is 11.2. The molecule has 1 atom stereocenters. The second-order valence-corrected chi connectivity index (χ2v) is 11.5. The van der Waals surface area contributed by atoms with E-state index in [1.807, 2.05) is 12.1 Å². The third-order valence-corrected chi connectivity index (χ3v) is 7.88. The molecule has 0 unspecified atom stereocenters. The zero-order valence-electron chi connectivity index (χ0n) is 19.3. The third kappa shape index (κ3) is 7.91. The molecule has 3 N–H and O–H groups in total. The van der Waals surface area contributed by atoms with Crippen LogP contribution in [0.5, 0.6) is 0 Å². The van der Waals surface area contributed by atoms with Gasteiger partial charge in [0.1, 0.15) is 6.04 Å². The van der Waals surface area contributed by atoms with Crippen LogP contribution in [0, 0.1) is 5.92 Å². The monoisotopic (exact) mass is 541 g/mol. The molecule has 0 saturated carbocycles. The van der Waals surface area contributed by atoms with Gasteiger partial charge >= 0.3 is 0 Å². The van der Waals surface area contributed by atoms with Crippen molar-refractivity contribution in [3.05, 3.63) is 63.6 Å². The maximum atomic E-state index is 12.5. The number of hydrogen-bond acceptors (Lipinski definition) is 6. The maximum absolute atomic E-state index is 12.5. The predicted molar refractivity (Wildman–Crippen MR) is 135 cm³/mol. The number of benzene rings is 2. The molecular formula is C24H29Cl2N3O5S. The van der Waals surface area contributed by atoms with Crippen LogP contribution in [0.2, 0.25) is 10.0 Å². The van der Waals surface area contributed by atoms with E-state index in [-0.39, 0.29) is 16.5 Å². The number of likely N-dealkylation sites (tertiary alicyclic amines) is 1. The molecule has 3 rings (SSSR count). The quantitative estimate of drug-likeness (QED) is 0.449. The average Bonchev–Trinajstić information content (AvgIpc) is 2.83. The van der Waals surface area contributed by atoms with E-state index in [2.05, 4.69) is 15.5 Å². The molecule has 1 heterocycles. The molecule has 1 fully saturated rings. The fourth-order valence-electron chi connectivity index (χ4n) is 3.89. The van der Waals surface area contributed by atoms with E-state index in [9.17, 15) is 23.1 Å². The van der Waals surface area contributed by atoms with Crippen molar-refractivity contribution in [3.63, 3.8) is 0 Å². The number of rotatable bonds is 9. The van der Waals surface area contributed by atoms with Gasteiger partial charge in [-0.25, -0.2) is 8.42 Å². The van der Waals surface area contributed by atoms with Crippen molar-refractivity contribution in [2.45, 2.75) is 30.3 Å². The number of piperidine rings is 1. The van der Waals surface area contributed by atoms with Gasteiger partial charge in [0.15, 0.2) is 9.84 Å². The van der Waals surface area contributed by atoms with Crippen LogP contribution in [0.3, 0.4) is 0 Å². The fourth-order valence-corrected chi connectivity index (χ4v) is 4.82. The largest absolute Gasteiger partial charge is 0.394 e. The molecule has 190 valence electrons. The van der Waals surface area contributed by atoms with Gasteiger partial charge in [0.2, 0.25) is 5.91 Å². The topological polar surface area (TPSA) is 116 Å². The summed E-state index contributed by atoms with van der Waals surface area (Å²) in [5, 5.41) is 15.5. The Kier molecular flexibility index (Phi) is 9.54. The molecule has 0 radical (unpaired) electrons. The minimum Gasteiger partial charge on any atom is -0.394 e. The van der Waals surface area contributed by atoms with E-state index in [1.165, 1.54) is 24.5 Å². The molecule has 2 aromatic rings. The number of aliphatic hydroxyl groups excluding tert-OH is 1. The van der Waals surface area contributed by atoms with Crippen LogP contribution in [0.1, 0.15) is 28.8 Å². The summed E-state index contributed by atoms with van der Waals surface area (Å²) < 4.78 is 23.2. The SMILES string of the molecule is CS(=O)(=O)c1ccc(CN2CCC(CNC(=O)[C@H](CO)NC(=O)c3ccc(Cl)c(Cl)c3)CC2)cc1. The number of nitrogens with zero attached hydrogens (tertiary/aromatic N) is 1. The Hall–Kier alpha value is -2.17. The van der Waals surface area contributed by atoms with Gasteiger partial charge in [-0.15, -0.1) is 0 Å². The Labute approximate surface area is 215 Å². The molecule has 35 heavy (non-hydrogen) atoms. The summed E-state index contributed by atoms with van der Waals surface area (Å²) in [6.45, 7) is 2.36. The van der Waals surface area contributed by atoms with Crippen molar-refractivity contribution in [3.8, 4) is 0 Å². The van der Waals surface area contributed by atoms with E-state index >= 15 is 0 Å². The molecule has 0 bridgehead atoms. The molecule has 0 aromatic heterocycles. The van der Waals surface area contributed by atoms with E-state index in [4.69, 9.17) is 23.2 Å². The number of carbonyl (C=O) groups is 2. The lowest BCUT2D eigenvalue weighted by atomic mass is 9.96. The number of aliphatic hydroxyl groups is 1. The molecule has 0 aliphatic carbocycles. The average molecular weight is 542 g/mol. The summed E-state index contributed by atoms with van der Waals surface area (Å²) in [5.41, 5.74) is 1.29. The lowest BCUT2D eigenvalue weighted by Crippen LogP contribution is -2.50. The number of sulfone groups is 1. The van der Waals surface area contributed by atoms with Crippen molar-refractivity contribution < 1.29 is 23.1 Å². The van der Waals surface area contributed by atoms with Crippen LogP contribution < -0.4 is 10.6 Å². The zero-order chi connectivity index (χ0) is 25.6. The molecule has 2 amide bonds. The molecule has 1 aliphatic rings. The first kappa shape index (κ1) is 27.4. The minimum atomic E-state index is -3.20. The summed E-state index contributed by atoms with van der Waals surface area (Å²) in [6.07, 6.45) is 2.97. The normalized spacial score (nSPS) is 16.0. The Bertz CT molecular complexity index is 1150. The van der Waals surface area contributed by atoms with Crippen molar-refractivity contribution in [2.75, 3.05) is 32.5 Å². The highest BCUT2D eigenvalue weighted by Crippen LogP contribution is 2.23. The predicted octanol–water partition coefficient (Wildman–Crippen LogP) is 2.52. The molecule has 0 spiro atoms. The first-order chi connectivity index (χ1) is 16.6. The number of halogens is 2. The zero-order valence-corrected chi connectivity index (χ0v) is 21.7. The molecule has 2 aromatic carbocycles. The van der Waals surface area contributed by atoms with Gasteiger partial charge < -0.3 is 15.7 Å². The lowest BCUT2D eigenvalue weighted by molar-refractivity contribution is -0.124. The molecule has 11 heteroatoms. The van der Waals surface area contributed by atoms with Crippen LogP contribution in [-0.4, -0.2) is 68.8 Å². The fraction of sp³-hybridized carbons (Fsp3) is 0.417. The summed E-state index contributed by atoms with van der Waals surface area (Å²) >= 11 is 11.8. The van der Waals surface area contributed by atoms with Gasteiger partial charge in [-0.05, 0) is 67.7 Å². The van der Waals surface area contributed by atoms with Gasteiger partial charge in [-0.2, -0.15) is 0 Å². The Morgan fingerprint density at radius 1 is 1.09 bits per heavy atom. The maximum Gasteiger partial charge on any atom is 0.252 e. The Morgan fingerprint density at radius 3 is 2.31 bits per heavy atom. The van der Waals surface area contributed by atoms with E-state index < -0.39 is 34.3 Å². The minimum absolute atomic E-state index is 0.224. The summed E-state index contributed by atoms with van der Waals surface area (Å²) in [6, 6.07) is 10.2. The van der Waals surface area contributed by atoms with Gasteiger partial charge in [0, 0.05) is 24.9 Å².